The monoisotopic (exact) mass is 311 g/mol. The van der Waals surface area contributed by atoms with E-state index in [0.29, 0.717) is 24.6 Å². The Bertz CT molecular complexity index is 608. The number of nitrogens with one attached hydrogen (secondary N) is 2. The van der Waals surface area contributed by atoms with Crippen molar-refractivity contribution in [2.24, 2.45) is 11.7 Å². The van der Waals surface area contributed by atoms with Gasteiger partial charge in [-0.25, -0.2) is 0 Å². The Hall–Kier alpha value is -2.33. The summed E-state index contributed by atoms with van der Waals surface area (Å²) in [4.78, 5) is 12.3. The van der Waals surface area contributed by atoms with Gasteiger partial charge < -0.3 is 16.4 Å². The Labute approximate surface area is 138 Å². The van der Waals surface area contributed by atoms with Crippen molar-refractivity contribution in [2.45, 2.75) is 26.4 Å². The van der Waals surface area contributed by atoms with Crippen LogP contribution in [0.5, 0.6) is 0 Å². The van der Waals surface area contributed by atoms with E-state index in [1.807, 2.05) is 54.6 Å². The van der Waals surface area contributed by atoms with Crippen LogP contribution in [0.1, 0.15) is 29.8 Å². The summed E-state index contributed by atoms with van der Waals surface area (Å²) in [5, 5.41) is 6.48. The molecule has 4 N–H and O–H groups in total. The molecule has 0 saturated carbocycles. The van der Waals surface area contributed by atoms with Crippen LogP contribution in [0.4, 0.5) is 5.69 Å². The van der Waals surface area contributed by atoms with Gasteiger partial charge in [0.15, 0.2) is 0 Å². The third kappa shape index (κ3) is 5.11. The number of benzene rings is 2. The lowest BCUT2D eigenvalue weighted by atomic mass is 10.0. The van der Waals surface area contributed by atoms with Crippen LogP contribution in [0.2, 0.25) is 0 Å². The molecule has 0 radical (unpaired) electrons. The van der Waals surface area contributed by atoms with Gasteiger partial charge in [-0.3, -0.25) is 4.79 Å². The minimum atomic E-state index is -0.0610. The standard InChI is InChI=1S/C19H25N3O/c1-14(2)18(22-17-6-4-3-5-7-17)13-21-19(23)16-10-8-15(12-20)9-11-16/h3-11,14,18,22H,12-13,20H2,1-2H3,(H,21,23). The van der Waals surface area contributed by atoms with Crippen molar-refractivity contribution in [3.8, 4) is 0 Å². The number of para-hydroxylation sites is 1. The van der Waals surface area contributed by atoms with Crippen LogP contribution in [0.3, 0.4) is 0 Å². The largest absolute Gasteiger partial charge is 0.380 e. The van der Waals surface area contributed by atoms with Crippen LogP contribution in [-0.2, 0) is 6.54 Å². The molecule has 1 atom stereocenters. The Balaban J connectivity index is 1.93. The molecule has 0 fully saturated rings. The van der Waals surface area contributed by atoms with Crippen molar-refractivity contribution in [2.75, 3.05) is 11.9 Å². The number of carbonyl (C=O) groups excluding carboxylic acids is 1. The summed E-state index contributed by atoms with van der Waals surface area (Å²) >= 11 is 0. The minimum Gasteiger partial charge on any atom is -0.380 e. The molecule has 0 aliphatic heterocycles. The number of hydrogen-bond donors (Lipinski definition) is 3. The van der Waals surface area contributed by atoms with Gasteiger partial charge in [0, 0.05) is 30.4 Å². The first-order chi connectivity index (χ1) is 11.1. The lowest BCUT2D eigenvalue weighted by Crippen LogP contribution is -2.39. The van der Waals surface area contributed by atoms with Crippen LogP contribution in [0.25, 0.3) is 0 Å². The Morgan fingerprint density at radius 2 is 1.70 bits per heavy atom. The quantitative estimate of drug-likeness (QED) is 0.736. The molecule has 2 rings (SSSR count). The van der Waals surface area contributed by atoms with Crippen LogP contribution in [0.15, 0.2) is 54.6 Å². The molecule has 1 unspecified atom stereocenters. The molecule has 0 spiro atoms. The SMILES string of the molecule is CC(C)C(CNC(=O)c1ccc(CN)cc1)Nc1ccccc1. The highest BCUT2D eigenvalue weighted by Crippen LogP contribution is 2.12. The van der Waals surface area contributed by atoms with E-state index < -0.39 is 0 Å². The van der Waals surface area contributed by atoms with Gasteiger partial charge in [-0.2, -0.15) is 0 Å². The van der Waals surface area contributed by atoms with E-state index in [0.717, 1.165) is 11.3 Å². The second kappa shape index (κ2) is 8.34. The maximum atomic E-state index is 12.3. The summed E-state index contributed by atoms with van der Waals surface area (Å²) < 4.78 is 0. The average Bonchev–Trinajstić information content (AvgIpc) is 2.59. The van der Waals surface area contributed by atoms with Crippen LogP contribution in [0, 0.1) is 5.92 Å². The summed E-state index contributed by atoms with van der Waals surface area (Å²) in [7, 11) is 0. The van der Waals surface area contributed by atoms with Gasteiger partial charge in [0.2, 0.25) is 0 Å². The number of carbonyl (C=O) groups is 1. The maximum Gasteiger partial charge on any atom is 0.251 e. The van der Waals surface area contributed by atoms with Crippen molar-refractivity contribution in [3.05, 3.63) is 65.7 Å². The number of hydrogen-bond acceptors (Lipinski definition) is 3. The lowest BCUT2D eigenvalue weighted by Gasteiger charge is -2.24. The fourth-order valence-electron chi connectivity index (χ4n) is 2.30. The third-order valence-corrected chi connectivity index (χ3v) is 3.86. The summed E-state index contributed by atoms with van der Waals surface area (Å²) in [5.74, 6) is 0.337. The predicted molar refractivity (Wildman–Crippen MR) is 95.4 cm³/mol. The molecular formula is C19H25N3O. The summed E-state index contributed by atoms with van der Waals surface area (Å²) in [6.07, 6.45) is 0. The number of anilines is 1. The molecule has 4 nitrogen and oxygen atoms in total. The molecular weight excluding hydrogens is 286 g/mol. The number of amides is 1. The zero-order chi connectivity index (χ0) is 16.7. The van der Waals surface area contributed by atoms with Gasteiger partial charge in [-0.15, -0.1) is 0 Å². The first-order valence-electron chi connectivity index (χ1n) is 7.99. The molecule has 0 bridgehead atoms. The molecule has 1 amide bonds. The van der Waals surface area contributed by atoms with Crippen molar-refractivity contribution < 1.29 is 4.79 Å². The maximum absolute atomic E-state index is 12.3. The smallest absolute Gasteiger partial charge is 0.251 e. The lowest BCUT2D eigenvalue weighted by molar-refractivity contribution is 0.0950. The highest BCUT2D eigenvalue weighted by atomic mass is 16.1. The topological polar surface area (TPSA) is 67.2 Å². The number of nitrogens with two attached hydrogens (primary N) is 1. The van der Waals surface area contributed by atoms with E-state index in [1.54, 1.807) is 0 Å². The summed E-state index contributed by atoms with van der Waals surface area (Å²) in [5.41, 5.74) is 8.31. The third-order valence-electron chi connectivity index (χ3n) is 3.86. The van der Waals surface area contributed by atoms with Gasteiger partial charge in [-0.05, 0) is 35.7 Å². The van der Waals surface area contributed by atoms with E-state index in [4.69, 9.17) is 5.73 Å². The molecule has 4 heteroatoms. The Morgan fingerprint density at radius 1 is 1.04 bits per heavy atom. The average molecular weight is 311 g/mol. The van der Waals surface area contributed by atoms with Crippen molar-refractivity contribution >= 4 is 11.6 Å². The highest BCUT2D eigenvalue weighted by Gasteiger charge is 2.15. The van der Waals surface area contributed by atoms with Crippen molar-refractivity contribution in [1.82, 2.24) is 5.32 Å². The Kier molecular flexibility index (Phi) is 6.18. The normalized spacial score (nSPS) is 12.0. The van der Waals surface area contributed by atoms with E-state index in [9.17, 15) is 4.79 Å². The van der Waals surface area contributed by atoms with Crippen LogP contribution >= 0.6 is 0 Å². The molecule has 2 aromatic rings. The van der Waals surface area contributed by atoms with Crippen molar-refractivity contribution in [1.29, 1.82) is 0 Å². The minimum absolute atomic E-state index is 0.0610. The van der Waals surface area contributed by atoms with E-state index in [1.165, 1.54) is 0 Å². The summed E-state index contributed by atoms with van der Waals surface area (Å²) in [6.45, 7) is 5.34. The molecule has 0 saturated heterocycles. The second-order valence-corrected chi connectivity index (χ2v) is 5.97. The summed E-state index contributed by atoms with van der Waals surface area (Å²) in [6, 6.07) is 17.6. The van der Waals surface area contributed by atoms with Crippen LogP contribution in [-0.4, -0.2) is 18.5 Å². The predicted octanol–water partition coefficient (Wildman–Crippen LogP) is 3.01. The molecule has 122 valence electrons. The fraction of sp³-hybridized carbons (Fsp3) is 0.316. The second-order valence-electron chi connectivity index (χ2n) is 5.97. The first kappa shape index (κ1) is 17.0. The first-order valence-corrected chi connectivity index (χ1v) is 7.99. The molecule has 2 aromatic carbocycles. The van der Waals surface area contributed by atoms with Crippen molar-refractivity contribution in [3.63, 3.8) is 0 Å². The van der Waals surface area contributed by atoms with E-state index in [-0.39, 0.29) is 11.9 Å². The zero-order valence-corrected chi connectivity index (χ0v) is 13.8. The van der Waals surface area contributed by atoms with E-state index in [2.05, 4.69) is 24.5 Å². The fourth-order valence-corrected chi connectivity index (χ4v) is 2.30. The van der Waals surface area contributed by atoms with Gasteiger partial charge in [0.05, 0.1) is 0 Å². The Morgan fingerprint density at radius 3 is 2.26 bits per heavy atom. The molecule has 23 heavy (non-hydrogen) atoms. The molecule has 0 aliphatic carbocycles. The van der Waals surface area contributed by atoms with Gasteiger partial charge in [-0.1, -0.05) is 44.2 Å². The van der Waals surface area contributed by atoms with Gasteiger partial charge >= 0.3 is 0 Å². The molecule has 0 aromatic heterocycles. The zero-order valence-electron chi connectivity index (χ0n) is 13.8. The van der Waals surface area contributed by atoms with E-state index >= 15 is 0 Å². The molecule has 0 aliphatic rings. The van der Waals surface area contributed by atoms with Gasteiger partial charge in [0.1, 0.15) is 0 Å². The molecule has 0 heterocycles. The number of rotatable bonds is 7. The van der Waals surface area contributed by atoms with Gasteiger partial charge in [0.25, 0.3) is 5.91 Å². The highest BCUT2D eigenvalue weighted by molar-refractivity contribution is 5.94. The van der Waals surface area contributed by atoms with Crippen LogP contribution < -0.4 is 16.4 Å².